The summed E-state index contributed by atoms with van der Waals surface area (Å²) in [5.41, 5.74) is 2.80. The van der Waals surface area contributed by atoms with Gasteiger partial charge < -0.3 is 9.47 Å². The van der Waals surface area contributed by atoms with E-state index in [1.165, 1.54) is 11.1 Å². The van der Waals surface area contributed by atoms with Gasteiger partial charge in [-0.15, -0.1) is 0 Å². The van der Waals surface area contributed by atoms with E-state index in [9.17, 15) is 0 Å². The second kappa shape index (κ2) is 6.54. The van der Waals surface area contributed by atoms with Gasteiger partial charge in [-0.05, 0) is 35.6 Å². The van der Waals surface area contributed by atoms with Gasteiger partial charge >= 0.3 is 0 Å². The minimum atomic E-state index is 0.543. The molecule has 0 aliphatic rings. The van der Waals surface area contributed by atoms with Crippen molar-refractivity contribution in [2.75, 3.05) is 20.3 Å². The fraction of sp³-hybridized carbons (Fsp3) is 0.571. The lowest BCUT2D eigenvalue weighted by atomic mass is 9.95. The summed E-state index contributed by atoms with van der Waals surface area (Å²) in [6.07, 6.45) is 1.08. The standard InChI is InChI=1S/C14H22O2/c1-5-12-6-7-13(16-9-8-15-4)10-14(12)11(2)3/h6-7,10-11H,5,8-9H2,1-4H3. The molecule has 0 fully saturated rings. The van der Waals surface area contributed by atoms with E-state index in [1.54, 1.807) is 7.11 Å². The number of benzene rings is 1. The van der Waals surface area contributed by atoms with Crippen molar-refractivity contribution < 1.29 is 9.47 Å². The van der Waals surface area contributed by atoms with Gasteiger partial charge in [-0.3, -0.25) is 0 Å². The third-order valence-corrected chi connectivity index (χ3v) is 2.68. The van der Waals surface area contributed by atoms with Crippen LogP contribution in [0.25, 0.3) is 0 Å². The molecule has 0 atom stereocenters. The van der Waals surface area contributed by atoms with Crippen molar-refractivity contribution in [3.63, 3.8) is 0 Å². The van der Waals surface area contributed by atoms with Crippen LogP contribution in [0.1, 0.15) is 37.8 Å². The van der Waals surface area contributed by atoms with E-state index >= 15 is 0 Å². The Balaban J connectivity index is 2.77. The Morgan fingerprint density at radius 1 is 1.19 bits per heavy atom. The molecule has 16 heavy (non-hydrogen) atoms. The third-order valence-electron chi connectivity index (χ3n) is 2.68. The monoisotopic (exact) mass is 222 g/mol. The highest BCUT2D eigenvalue weighted by Gasteiger charge is 2.06. The van der Waals surface area contributed by atoms with Crippen LogP contribution in [0.15, 0.2) is 18.2 Å². The topological polar surface area (TPSA) is 18.5 Å². The first-order valence-corrected chi connectivity index (χ1v) is 5.93. The molecule has 0 bridgehead atoms. The second-order valence-corrected chi connectivity index (χ2v) is 4.21. The maximum Gasteiger partial charge on any atom is 0.119 e. The van der Waals surface area contributed by atoms with Crippen molar-refractivity contribution in [3.05, 3.63) is 29.3 Å². The molecule has 0 amide bonds. The molecule has 0 saturated carbocycles. The molecule has 0 unspecified atom stereocenters. The fourth-order valence-electron chi connectivity index (χ4n) is 1.77. The number of methoxy groups -OCH3 is 1. The summed E-state index contributed by atoms with van der Waals surface area (Å²) in [6, 6.07) is 6.36. The molecule has 90 valence electrons. The van der Waals surface area contributed by atoms with E-state index in [-0.39, 0.29) is 0 Å². The minimum absolute atomic E-state index is 0.543. The normalized spacial score (nSPS) is 10.8. The number of hydrogen-bond acceptors (Lipinski definition) is 2. The Morgan fingerprint density at radius 3 is 2.50 bits per heavy atom. The van der Waals surface area contributed by atoms with E-state index in [1.807, 2.05) is 6.07 Å². The van der Waals surface area contributed by atoms with Crippen molar-refractivity contribution in [2.45, 2.75) is 33.1 Å². The predicted octanol–water partition coefficient (Wildman–Crippen LogP) is 3.40. The summed E-state index contributed by atoms with van der Waals surface area (Å²) in [6.45, 7) is 7.86. The maximum atomic E-state index is 5.61. The predicted molar refractivity (Wildman–Crippen MR) is 67.3 cm³/mol. The first kappa shape index (κ1) is 13.0. The molecule has 0 radical (unpaired) electrons. The Kier molecular flexibility index (Phi) is 5.33. The van der Waals surface area contributed by atoms with Crippen LogP contribution in [0.4, 0.5) is 0 Å². The third kappa shape index (κ3) is 3.53. The summed E-state index contributed by atoms with van der Waals surface area (Å²) in [4.78, 5) is 0. The average molecular weight is 222 g/mol. The van der Waals surface area contributed by atoms with Gasteiger partial charge in [0.05, 0.1) is 6.61 Å². The van der Waals surface area contributed by atoms with Gasteiger partial charge in [-0.1, -0.05) is 26.8 Å². The van der Waals surface area contributed by atoms with Crippen molar-refractivity contribution in [2.24, 2.45) is 0 Å². The first-order chi connectivity index (χ1) is 7.69. The van der Waals surface area contributed by atoms with Crippen molar-refractivity contribution in [1.29, 1.82) is 0 Å². The highest BCUT2D eigenvalue weighted by Crippen LogP contribution is 2.25. The number of ether oxygens (including phenoxy) is 2. The zero-order chi connectivity index (χ0) is 12.0. The molecule has 1 aromatic rings. The van der Waals surface area contributed by atoms with Crippen LogP contribution < -0.4 is 4.74 Å². The molecule has 0 aliphatic heterocycles. The summed E-state index contributed by atoms with van der Waals surface area (Å²) in [5, 5.41) is 0. The lowest BCUT2D eigenvalue weighted by Gasteiger charge is -2.14. The van der Waals surface area contributed by atoms with Crippen LogP contribution in [-0.2, 0) is 11.2 Å². The van der Waals surface area contributed by atoms with Crippen molar-refractivity contribution >= 4 is 0 Å². The van der Waals surface area contributed by atoms with Crippen LogP contribution in [0.5, 0.6) is 5.75 Å². The molecule has 0 aliphatic carbocycles. The smallest absolute Gasteiger partial charge is 0.119 e. The van der Waals surface area contributed by atoms with Gasteiger partial charge in [0.15, 0.2) is 0 Å². The summed E-state index contributed by atoms with van der Waals surface area (Å²) < 4.78 is 10.6. The van der Waals surface area contributed by atoms with Crippen LogP contribution in [-0.4, -0.2) is 20.3 Å². The number of rotatable bonds is 6. The zero-order valence-electron chi connectivity index (χ0n) is 10.7. The van der Waals surface area contributed by atoms with Gasteiger partial charge in [-0.25, -0.2) is 0 Å². The molecule has 0 aromatic heterocycles. The number of aryl methyl sites for hydroxylation is 1. The van der Waals surface area contributed by atoms with E-state index in [4.69, 9.17) is 9.47 Å². The van der Waals surface area contributed by atoms with Gasteiger partial charge in [-0.2, -0.15) is 0 Å². The maximum absolute atomic E-state index is 5.61. The fourth-order valence-corrected chi connectivity index (χ4v) is 1.77. The summed E-state index contributed by atoms with van der Waals surface area (Å²) in [7, 11) is 1.68. The highest BCUT2D eigenvalue weighted by atomic mass is 16.5. The van der Waals surface area contributed by atoms with Crippen LogP contribution >= 0.6 is 0 Å². The van der Waals surface area contributed by atoms with E-state index in [0.717, 1.165) is 12.2 Å². The minimum Gasteiger partial charge on any atom is -0.491 e. The van der Waals surface area contributed by atoms with Gasteiger partial charge in [0.2, 0.25) is 0 Å². The molecule has 2 nitrogen and oxygen atoms in total. The van der Waals surface area contributed by atoms with Crippen LogP contribution in [0, 0.1) is 0 Å². The van der Waals surface area contributed by atoms with Crippen LogP contribution in [0.2, 0.25) is 0 Å². The Hall–Kier alpha value is -1.02. The lowest BCUT2D eigenvalue weighted by Crippen LogP contribution is -2.05. The van der Waals surface area contributed by atoms with Gasteiger partial charge in [0, 0.05) is 7.11 Å². The van der Waals surface area contributed by atoms with Gasteiger partial charge in [0.25, 0.3) is 0 Å². The Labute approximate surface area is 98.6 Å². The second-order valence-electron chi connectivity index (χ2n) is 4.21. The Bertz CT molecular complexity index is 319. The molecule has 2 heteroatoms. The van der Waals surface area contributed by atoms with Crippen molar-refractivity contribution in [3.8, 4) is 5.75 Å². The zero-order valence-corrected chi connectivity index (χ0v) is 10.7. The molecular weight excluding hydrogens is 200 g/mol. The molecule has 0 N–H and O–H groups in total. The summed E-state index contributed by atoms with van der Waals surface area (Å²) in [5.74, 6) is 1.49. The molecule has 1 rings (SSSR count). The largest absolute Gasteiger partial charge is 0.491 e. The molecule has 0 saturated heterocycles. The summed E-state index contributed by atoms with van der Waals surface area (Å²) >= 11 is 0. The Morgan fingerprint density at radius 2 is 1.94 bits per heavy atom. The van der Waals surface area contributed by atoms with E-state index in [2.05, 4.69) is 32.9 Å². The van der Waals surface area contributed by atoms with Crippen molar-refractivity contribution in [1.82, 2.24) is 0 Å². The van der Waals surface area contributed by atoms with E-state index < -0.39 is 0 Å². The highest BCUT2D eigenvalue weighted by molar-refractivity contribution is 5.37. The first-order valence-electron chi connectivity index (χ1n) is 5.93. The number of hydrogen-bond donors (Lipinski definition) is 0. The molecular formula is C14H22O2. The van der Waals surface area contributed by atoms with Gasteiger partial charge in [0.1, 0.15) is 12.4 Å². The molecule has 1 aromatic carbocycles. The molecule has 0 heterocycles. The SMILES string of the molecule is CCc1ccc(OCCOC)cc1C(C)C. The van der Waals surface area contributed by atoms with Crippen LogP contribution in [0.3, 0.4) is 0 Å². The quantitative estimate of drug-likeness (QED) is 0.687. The molecule has 0 spiro atoms. The lowest BCUT2D eigenvalue weighted by molar-refractivity contribution is 0.146. The van der Waals surface area contributed by atoms with E-state index in [0.29, 0.717) is 19.1 Å². The average Bonchev–Trinajstić information content (AvgIpc) is 2.29.